The fraction of sp³-hybridized carbons (Fsp3) is 1.00. The van der Waals surface area contributed by atoms with Gasteiger partial charge in [0.15, 0.2) is 20.0 Å². The molecule has 18 heteroatoms. The van der Waals surface area contributed by atoms with Crippen molar-refractivity contribution >= 4 is 20.0 Å². The number of likely N-dealkylation sites (tertiary alicyclic amines) is 1. The van der Waals surface area contributed by atoms with Crippen LogP contribution < -0.4 is 0 Å². The molecular weight excluding hydrogens is 538 g/mol. The first-order valence-corrected chi connectivity index (χ1v) is 12.9. The van der Waals surface area contributed by atoms with E-state index in [9.17, 15) is 60.7 Å². The number of hydrogen-bond acceptors (Lipinski definition) is 4. The standard InChI is InChI=1S/C12H26N.C4F10NO4S2/c1-3-5-6-10-13(9-4-2)11-7-8-12-13;5-1(6,7)3(11,12)20(16,17)15-21(18,19)4(13,14)2(8,9)10/h3-12H2,1-2H3;/q+1;-1. The minimum absolute atomic E-state index is 0.422. The predicted octanol–water partition coefficient (Wildman–Crippen LogP) is 5.53. The van der Waals surface area contributed by atoms with Gasteiger partial charge in [-0.25, -0.2) is 16.8 Å². The number of rotatable bonds is 10. The van der Waals surface area contributed by atoms with Gasteiger partial charge in [-0.2, -0.15) is 43.9 Å². The molecule has 0 unspecified atom stereocenters. The van der Waals surface area contributed by atoms with E-state index in [1.807, 2.05) is 0 Å². The molecule has 0 aromatic carbocycles. The molecule has 1 rings (SSSR count). The molecule has 0 aromatic heterocycles. The lowest BCUT2D eigenvalue weighted by Gasteiger charge is -2.34. The molecule has 1 aliphatic rings. The van der Waals surface area contributed by atoms with Crippen LogP contribution in [0.25, 0.3) is 4.13 Å². The quantitative estimate of drug-likeness (QED) is 0.199. The Kier molecular flexibility index (Phi) is 11.2. The first-order valence-electron chi connectivity index (χ1n) is 10.0. The molecule has 0 aliphatic carbocycles. The number of hydrogen-bond donors (Lipinski definition) is 0. The fourth-order valence-electron chi connectivity index (χ4n) is 3.25. The van der Waals surface area contributed by atoms with Gasteiger partial charge in [0.05, 0.1) is 26.2 Å². The van der Waals surface area contributed by atoms with Crippen LogP contribution in [0.2, 0.25) is 0 Å². The second-order valence-electron chi connectivity index (χ2n) is 7.70. The van der Waals surface area contributed by atoms with Crippen molar-refractivity contribution in [3.8, 4) is 0 Å². The van der Waals surface area contributed by atoms with Gasteiger partial charge >= 0.3 is 22.9 Å². The van der Waals surface area contributed by atoms with E-state index in [0.29, 0.717) is 4.13 Å². The molecule has 1 saturated heterocycles. The third-order valence-electron chi connectivity index (χ3n) is 4.95. The number of sulfonamides is 2. The Bertz CT molecular complexity index is 796. The zero-order valence-electron chi connectivity index (χ0n) is 18.2. The topological polar surface area (TPSA) is 82.4 Å². The van der Waals surface area contributed by atoms with Crippen molar-refractivity contribution < 1.29 is 65.2 Å². The summed E-state index contributed by atoms with van der Waals surface area (Å²) < 4.78 is 163. The summed E-state index contributed by atoms with van der Waals surface area (Å²) in [6, 6.07) is 0. The van der Waals surface area contributed by atoms with Crippen LogP contribution >= 0.6 is 0 Å². The summed E-state index contributed by atoms with van der Waals surface area (Å²) >= 11 is 0. The molecule has 6 nitrogen and oxygen atoms in total. The molecular formula is C16H26F10N2O4S2. The molecule has 0 aromatic rings. The molecule has 0 radical (unpaired) electrons. The van der Waals surface area contributed by atoms with Crippen molar-refractivity contribution in [2.24, 2.45) is 0 Å². The molecule has 0 atom stereocenters. The van der Waals surface area contributed by atoms with Crippen LogP contribution in [-0.4, -0.2) is 70.4 Å². The van der Waals surface area contributed by atoms with Crippen LogP contribution in [-0.2, 0) is 20.0 Å². The third-order valence-corrected chi connectivity index (χ3v) is 8.28. The largest absolute Gasteiger partial charge is 0.467 e. The summed E-state index contributed by atoms with van der Waals surface area (Å²) in [5, 5.41) is -14.0. The van der Waals surface area contributed by atoms with E-state index >= 15 is 0 Å². The Hall–Kier alpha value is -0.880. The maximum Gasteiger partial charge on any atom is 0.467 e. The van der Waals surface area contributed by atoms with Gasteiger partial charge in [-0.05, 0) is 19.3 Å². The Balaban J connectivity index is 0.000000712. The fourth-order valence-corrected chi connectivity index (χ4v) is 5.62. The zero-order chi connectivity index (χ0) is 27.3. The number of nitrogens with zero attached hydrogens (tertiary/aromatic N) is 2. The van der Waals surface area contributed by atoms with Gasteiger partial charge in [0.2, 0.25) is 0 Å². The summed E-state index contributed by atoms with van der Waals surface area (Å²) in [7, 11) is -15.2. The first kappa shape index (κ1) is 33.1. The second kappa shape index (κ2) is 11.5. The van der Waals surface area contributed by atoms with E-state index in [0.717, 1.165) is 0 Å². The molecule has 206 valence electrons. The van der Waals surface area contributed by atoms with Crippen molar-refractivity contribution in [3.63, 3.8) is 0 Å². The van der Waals surface area contributed by atoms with E-state index in [4.69, 9.17) is 0 Å². The highest BCUT2D eigenvalue weighted by molar-refractivity contribution is 8.13. The predicted molar refractivity (Wildman–Crippen MR) is 102 cm³/mol. The molecule has 0 N–H and O–H groups in total. The first-order chi connectivity index (χ1) is 15.0. The monoisotopic (exact) mass is 564 g/mol. The minimum Gasteiger partial charge on any atom is -0.425 e. The van der Waals surface area contributed by atoms with Gasteiger partial charge in [-0.1, -0.05) is 20.3 Å². The zero-order valence-corrected chi connectivity index (χ0v) is 19.8. The average Bonchev–Trinajstić information content (AvgIpc) is 3.08. The van der Waals surface area contributed by atoms with Crippen LogP contribution in [0.1, 0.15) is 52.4 Å². The van der Waals surface area contributed by atoms with Crippen LogP contribution in [0, 0.1) is 0 Å². The van der Waals surface area contributed by atoms with E-state index in [1.165, 1.54) is 69.2 Å². The van der Waals surface area contributed by atoms with Crippen molar-refractivity contribution in [1.29, 1.82) is 0 Å². The maximum absolute atomic E-state index is 12.3. The lowest BCUT2D eigenvalue weighted by atomic mass is 10.2. The molecule has 0 bridgehead atoms. The smallest absolute Gasteiger partial charge is 0.425 e. The highest BCUT2D eigenvalue weighted by atomic mass is 32.3. The lowest BCUT2D eigenvalue weighted by molar-refractivity contribution is -0.917. The van der Waals surface area contributed by atoms with Crippen LogP contribution in [0.5, 0.6) is 0 Å². The number of quaternary nitrogens is 1. The Morgan fingerprint density at radius 1 is 0.647 bits per heavy atom. The summed E-state index contributed by atoms with van der Waals surface area (Å²) in [5.74, 6) is 0. The molecule has 0 amide bonds. The van der Waals surface area contributed by atoms with Crippen molar-refractivity contribution in [3.05, 3.63) is 4.13 Å². The number of alkyl halides is 10. The lowest BCUT2D eigenvalue weighted by Crippen LogP contribution is -2.48. The van der Waals surface area contributed by atoms with Gasteiger partial charge in [0.1, 0.15) is 0 Å². The van der Waals surface area contributed by atoms with Gasteiger partial charge in [0.25, 0.3) is 0 Å². The van der Waals surface area contributed by atoms with Crippen molar-refractivity contribution in [1.82, 2.24) is 0 Å². The summed E-state index contributed by atoms with van der Waals surface area (Å²) in [6.07, 6.45) is -5.42. The van der Waals surface area contributed by atoms with Gasteiger partial charge in [0, 0.05) is 12.8 Å². The number of halogens is 10. The summed E-state index contributed by atoms with van der Waals surface area (Å²) in [4.78, 5) is 0. The minimum atomic E-state index is -7.62. The van der Waals surface area contributed by atoms with Gasteiger partial charge in [-0.3, -0.25) is 0 Å². The van der Waals surface area contributed by atoms with E-state index in [-0.39, 0.29) is 0 Å². The molecule has 1 fully saturated rings. The van der Waals surface area contributed by atoms with Crippen molar-refractivity contribution in [2.45, 2.75) is 75.2 Å². The van der Waals surface area contributed by atoms with Crippen LogP contribution in [0.4, 0.5) is 43.9 Å². The van der Waals surface area contributed by atoms with Gasteiger partial charge in [-0.15, -0.1) is 0 Å². The second-order valence-corrected chi connectivity index (χ2v) is 11.2. The Morgan fingerprint density at radius 2 is 1.03 bits per heavy atom. The SMILES string of the molecule is CCCCC[N+]1(CCC)CCCC1.O=S(=O)([N-]S(=O)(=O)C(F)(F)C(F)(F)F)C(F)(F)C(F)(F)F. The molecule has 1 aliphatic heterocycles. The van der Waals surface area contributed by atoms with E-state index in [2.05, 4.69) is 13.8 Å². The highest BCUT2D eigenvalue weighted by Gasteiger charge is 2.68. The maximum atomic E-state index is 12.3. The molecule has 1 heterocycles. The Labute approximate surface area is 191 Å². The van der Waals surface area contributed by atoms with E-state index < -0.39 is 42.9 Å². The average molecular weight is 565 g/mol. The van der Waals surface area contributed by atoms with Crippen molar-refractivity contribution in [2.75, 3.05) is 26.2 Å². The molecule has 0 spiro atoms. The third kappa shape index (κ3) is 7.81. The Morgan fingerprint density at radius 3 is 1.32 bits per heavy atom. The number of unbranched alkanes of at least 4 members (excludes halogenated alkanes) is 2. The van der Waals surface area contributed by atoms with Crippen LogP contribution in [0.3, 0.4) is 0 Å². The normalized spacial score (nSPS) is 17.9. The molecule has 0 saturated carbocycles. The summed E-state index contributed by atoms with van der Waals surface area (Å²) in [5.41, 5.74) is 0. The van der Waals surface area contributed by atoms with E-state index in [1.54, 1.807) is 0 Å². The molecule has 34 heavy (non-hydrogen) atoms. The summed E-state index contributed by atoms with van der Waals surface area (Å²) in [6.45, 7) is 10.5. The van der Waals surface area contributed by atoms with Gasteiger partial charge < -0.3 is 8.61 Å². The van der Waals surface area contributed by atoms with Crippen LogP contribution in [0.15, 0.2) is 0 Å². The highest BCUT2D eigenvalue weighted by Crippen LogP contribution is 2.47.